The van der Waals surface area contributed by atoms with Crippen LogP contribution in [0.15, 0.2) is 0 Å². The summed E-state index contributed by atoms with van der Waals surface area (Å²) in [5, 5.41) is 27.0. The third-order valence-corrected chi connectivity index (χ3v) is 2.08. The molecule has 106 valence electrons. The molecular formula is C9H19N3O6. The summed E-state index contributed by atoms with van der Waals surface area (Å²) < 4.78 is 0. The molecule has 0 spiro atoms. The zero-order valence-electron chi connectivity index (χ0n) is 9.91. The van der Waals surface area contributed by atoms with E-state index in [4.69, 9.17) is 21.3 Å². The van der Waals surface area contributed by atoms with Crippen LogP contribution < -0.4 is 11.1 Å². The number of nitrogens with zero attached hydrogens (tertiary/aromatic N) is 1. The number of unbranched alkanes of at least 4 members (excludes halogenated alkanes) is 1. The highest BCUT2D eigenvalue weighted by Gasteiger charge is 2.13. The average Bonchev–Trinajstić information content (AvgIpc) is 2.29. The minimum atomic E-state index is -0.993. The molecule has 0 rings (SSSR count). The predicted molar refractivity (Wildman–Crippen MR) is 58.5 cm³/mol. The number of carbonyl (C=O) groups is 2. The Kier molecular flexibility index (Phi) is 9.06. The van der Waals surface area contributed by atoms with Gasteiger partial charge >= 0.3 is 5.97 Å². The molecule has 1 atom stereocenters. The Bertz CT molecular complexity index is 261. The van der Waals surface area contributed by atoms with Crippen molar-refractivity contribution in [2.45, 2.75) is 31.7 Å². The molecule has 6 N–H and O–H groups in total. The number of nitrogens with one attached hydrogen (secondary N) is 1. The molecule has 9 nitrogen and oxygen atoms in total. The van der Waals surface area contributed by atoms with Crippen LogP contribution in [0.5, 0.6) is 0 Å². The van der Waals surface area contributed by atoms with Crippen molar-refractivity contribution in [2.24, 2.45) is 5.73 Å². The molecule has 1 unspecified atom stereocenters. The summed E-state index contributed by atoms with van der Waals surface area (Å²) in [4.78, 5) is 25.9. The van der Waals surface area contributed by atoms with Crippen LogP contribution in [-0.2, 0) is 14.4 Å². The van der Waals surface area contributed by atoms with E-state index in [0.29, 0.717) is 19.4 Å². The smallest absolute Gasteiger partial charge is 0.303 e. The van der Waals surface area contributed by atoms with Crippen LogP contribution in [0.2, 0.25) is 0 Å². The van der Waals surface area contributed by atoms with E-state index in [0.717, 1.165) is 0 Å². The van der Waals surface area contributed by atoms with Gasteiger partial charge in [0.15, 0.2) is 0 Å². The molecule has 0 radical (unpaired) electrons. The zero-order chi connectivity index (χ0) is 14.0. The molecule has 0 aliphatic carbocycles. The van der Waals surface area contributed by atoms with E-state index in [2.05, 4.69) is 10.2 Å². The molecule has 0 bridgehead atoms. The maximum absolute atomic E-state index is 11.3. The quantitative estimate of drug-likeness (QED) is 0.252. The van der Waals surface area contributed by atoms with Crippen molar-refractivity contribution < 1.29 is 29.9 Å². The second kappa shape index (κ2) is 9.74. The predicted octanol–water partition coefficient (Wildman–Crippen LogP) is -0.913. The molecule has 0 aliphatic heterocycles. The minimum absolute atomic E-state index is 0.0915. The van der Waals surface area contributed by atoms with Crippen molar-refractivity contribution in [3.05, 3.63) is 0 Å². The third kappa shape index (κ3) is 9.93. The van der Waals surface area contributed by atoms with Crippen LogP contribution >= 0.6 is 0 Å². The summed E-state index contributed by atoms with van der Waals surface area (Å²) in [6, 6.07) is -0.831. The van der Waals surface area contributed by atoms with Gasteiger partial charge in [0.25, 0.3) is 0 Å². The van der Waals surface area contributed by atoms with E-state index in [1.54, 1.807) is 0 Å². The standard InChI is InChI=1S/C9H19N3O6/c10-7(3-4-8(13)14)9(15)11-5-1-2-6-18-12(16)17/h7,16-17H,1-6,10H2,(H,11,15)(H,13,14). The first kappa shape index (κ1) is 16.7. The third-order valence-electron chi connectivity index (χ3n) is 2.08. The molecule has 0 aliphatic rings. The summed E-state index contributed by atoms with van der Waals surface area (Å²) in [5.41, 5.74) is 5.47. The van der Waals surface area contributed by atoms with Crippen LogP contribution in [-0.4, -0.2) is 52.0 Å². The number of amides is 1. The number of carboxylic acid groups (broad SMARTS) is 1. The maximum Gasteiger partial charge on any atom is 0.303 e. The molecule has 1 amide bonds. The second-order valence-electron chi connectivity index (χ2n) is 3.62. The van der Waals surface area contributed by atoms with E-state index in [-0.39, 0.29) is 24.8 Å². The van der Waals surface area contributed by atoms with E-state index >= 15 is 0 Å². The van der Waals surface area contributed by atoms with Gasteiger partial charge in [-0.15, -0.1) is 0 Å². The van der Waals surface area contributed by atoms with Crippen molar-refractivity contribution in [1.29, 1.82) is 0 Å². The summed E-state index contributed by atoms with van der Waals surface area (Å²) in [5.74, 6) is -1.39. The lowest BCUT2D eigenvalue weighted by Crippen LogP contribution is -2.41. The molecule has 0 heterocycles. The minimum Gasteiger partial charge on any atom is -0.481 e. The molecule has 18 heavy (non-hydrogen) atoms. The summed E-state index contributed by atoms with van der Waals surface area (Å²) >= 11 is 0. The Balaban J connectivity index is 3.49. The lowest BCUT2D eigenvalue weighted by molar-refractivity contribution is -0.492. The van der Waals surface area contributed by atoms with Crippen LogP contribution in [0.3, 0.4) is 0 Å². The molecular weight excluding hydrogens is 246 g/mol. The SMILES string of the molecule is NC(CCC(=O)O)C(=O)NCCCCON(O)O. The van der Waals surface area contributed by atoms with Crippen molar-refractivity contribution in [3.8, 4) is 0 Å². The Labute approximate surface area is 104 Å². The van der Waals surface area contributed by atoms with Crippen molar-refractivity contribution >= 4 is 11.9 Å². The van der Waals surface area contributed by atoms with Gasteiger partial charge in [-0.1, -0.05) is 0 Å². The number of aliphatic carboxylic acids is 1. The fourth-order valence-corrected chi connectivity index (χ4v) is 1.13. The maximum atomic E-state index is 11.3. The van der Waals surface area contributed by atoms with Crippen molar-refractivity contribution in [1.82, 2.24) is 10.7 Å². The second-order valence-corrected chi connectivity index (χ2v) is 3.62. The summed E-state index contributed by atoms with van der Waals surface area (Å²) in [6.07, 6.45) is 1.03. The first-order valence-electron chi connectivity index (χ1n) is 5.49. The topological polar surface area (TPSA) is 145 Å². The van der Waals surface area contributed by atoms with E-state index in [1.807, 2.05) is 0 Å². The van der Waals surface area contributed by atoms with Gasteiger partial charge in [-0.2, -0.15) is 0 Å². The molecule has 0 saturated carbocycles. The summed E-state index contributed by atoms with van der Waals surface area (Å²) in [7, 11) is 0. The van der Waals surface area contributed by atoms with Crippen LogP contribution in [0.1, 0.15) is 25.7 Å². The number of hydrogen-bond acceptors (Lipinski definition) is 7. The first-order valence-corrected chi connectivity index (χ1v) is 5.49. The van der Waals surface area contributed by atoms with Crippen LogP contribution in [0.25, 0.3) is 0 Å². The zero-order valence-corrected chi connectivity index (χ0v) is 9.91. The highest BCUT2D eigenvalue weighted by Crippen LogP contribution is 1.95. The molecule has 0 aromatic rings. The number of carbonyl (C=O) groups excluding carboxylic acids is 1. The Hall–Kier alpha value is -1.26. The Morgan fingerprint density at radius 2 is 2.00 bits per heavy atom. The van der Waals surface area contributed by atoms with Gasteiger partial charge in [-0.05, 0) is 19.3 Å². The number of hydrogen-bond donors (Lipinski definition) is 5. The Morgan fingerprint density at radius 1 is 1.33 bits per heavy atom. The van der Waals surface area contributed by atoms with Crippen molar-refractivity contribution in [2.75, 3.05) is 13.2 Å². The van der Waals surface area contributed by atoms with Gasteiger partial charge in [-0.3, -0.25) is 24.8 Å². The number of nitrogens with two attached hydrogens (primary N) is 1. The van der Waals surface area contributed by atoms with Gasteiger partial charge < -0.3 is 16.2 Å². The molecule has 0 saturated heterocycles. The Morgan fingerprint density at radius 3 is 2.56 bits per heavy atom. The molecule has 0 aromatic carbocycles. The highest BCUT2D eigenvalue weighted by molar-refractivity contribution is 5.82. The molecule has 0 aromatic heterocycles. The molecule has 9 heteroatoms. The fourth-order valence-electron chi connectivity index (χ4n) is 1.13. The first-order chi connectivity index (χ1) is 8.43. The van der Waals surface area contributed by atoms with Gasteiger partial charge in [0, 0.05) is 13.0 Å². The van der Waals surface area contributed by atoms with E-state index in [1.165, 1.54) is 0 Å². The summed E-state index contributed by atoms with van der Waals surface area (Å²) in [6.45, 7) is 0.466. The van der Waals surface area contributed by atoms with Gasteiger partial charge in [0.05, 0.1) is 18.0 Å². The number of rotatable bonds is 10. The number of carboxylic acids is 1. The van der Waals surface area contributed by atoms with Crippen LogP contribution in [0, 0.1) is 0 Å². The normalized spacial score (nSPS) is 12.4. The van der Waals surface area contributed by atoms with Gasteiger partial charge in [-0.25, -0.2) is 0 Å². The van der Waals surface area contributed by atoms with Gasteiger partial charge in [0.1, 0.15) is 0 Å². The van der Waals surface area contributed by atoms with Crippen molar-refractivity contribution in [3.63, 3.8) is 0 Å². The van der Waals surface area contributed by atoms with E-state index in [9.17, 15) is 9.59 Å². The highest BCUT2D eigenvalue weighted by atomic mass is 17.1. The monoisotopic (exact) mass is 265 g/mol. The largest absolute Gasteiger partial charge is 0.481 e. The fraction of sp³-hybridized carbons (Fsp3) is 0.778. The average molecular weight is 265 g/mol. The lowest BCUT2D eigenvalue weighted by Gasteiger charge is -2.11. The lowest BCUT2D eigenvalue weighted by atomic mass is 10.1. The van der Waals surface area contributed by atoms with Crippen LogP contribution in [0.4, 0.5) is 0 Å². The van der Waals surface area contributed by atoms with Gasteiger partial charge in [0.2, 0.25) is 5.91 Å². The molecule has 0 fully saturated rings. The van der Waals surface area contributed by atoms with E-state index < -0.39 is 17.9 Å².